The van der Waals surface area contributed by atoms with E-state index < -0.39 is 0 Å². The van der Waals surface area contributed by atoms with Gasteiger partial charge in [0.05, 0.1) is 11.9 Å². The van der Waals surface area contributed by atoms with Crippen LogP contribution < -0.4 is 4.80 Å². The normalized spacial score (nSPS) is 12.2. The first-order valence-electron chi connectivity index (χ1n) is 6.76. The molecule has 1 heterocycles. The summed E-state index contributed by atoms with van der Waals surface area (Å²) in [7, 11) is 1.78. The van der Waals surface area contributed by atoms with Crippen molar-refractivity contribution in [3.63, 3.8) is 0 Å². The lowest BCUT2D eigenvalue weighted by Gasteiger charge is -2.04. The van der Waals surface area contributed by atoms with Gasteiger partial charge in [-0.2, -0.15) is 5.10 Å². The molecule has 0 unspecified atom stereocenters. The molecule has 0 fully saturated rings. The molecule has 22 heavy (non-hydrogen) atoms. The highest BCUT2D eigenvalue weighted by Gasteiger charge is 2.07. The molecule has 0 saturated heterocycles. The first kappa shape index (κ1) is 14.9. The van der Waals surface area contributed by atoms with E-state index in [1.807, 2.05) is 53.4 Å². The zero-order valence-corrected chi connectivity index (χ0v) is 14.4. The summed E-state index contributed by atoms with van der Waals surface area (Å²) in [5.74, 6) is 0. The van der Waals surface area contributed by atoms with Gasteiger partial charge in [-0.05, 0) is 17.7 Å². The van der Waals surface area contributed by atoms with Crippen LogP contribution in [0.15, 0.2) is 74.5 Å². The van der Waals surface area contributed by atoms with Crippen LogP contribution in [0, 0.1) is 0 Å². The molecular formula is C17H14BrN3S. The Hall–Kier alpha value is -1.98. The minimum absolute atomic E-state index is 0.863. The topological polar surface area (TPSA) is 29.6 Å². The summed E-state index contributed by atoms with van der Waals surface area (Å²) in [6, 6.07) is 18.2. The Morgan fingerprint density at radius 1 is 1.09 bits per heavy atom. The number of aromatic nitrogens is 1. The van der Waals surface area contributed by atoms with Crippen LogP contribution in [0.5, 0.6) is 0 Å². The Bertz CT molecular complexity index is 863. The molecule has 3 nitrogen and oxygen atoms in total. The predicted molar refractivity (Wildman–Crippen MR) is 96.4 cm³/mol. The molecule has 0 atom stereocenters. The highest BCUT2D eigenvalue weighted by Crippen LogP contribution is 2.23. The van der Waals surface area contributed by atoms with Gasteiger partial charge in [-0.15, -0.1) is 11.3 Å². The van der Waals surface area contributed by atoms with Gasteiger partial charge in [0.25, 0.3) is 0 Å². The monoisotopic (exact) mass is 371 g/mol. The molecule has 3 rings (SSSR count). The molecule has 2 aromatic carbocycles. The summed E-state index contributed by atoms with van der Waals surface area (Å²) in [6.45, 7) is 0. The highest BCUT2D eigenvalue weighted by molar-refractivity contribution is 9.10. The molecule has 0 aliphatic carbocycles. The Morgan fingerprint density at radius 3 is 2.64 bits per heavy atom. The molecular weight excluding hydrogens is 358 g/mol. The first-order chi connectivity index (χ1) is 10.8. The summed E-state index contributed by atoms with van der Waals surface area (Å²) >= 11 is 5.10. The van der Waals surface area contributed by atoms with E-state index in [4.69, 9.17) is 0 Å². The lowest BCUT2D eigenvalue weighted by molar-refractivity contribution is 0.848. The Labute approximate surface area is 141 Å². The molecule has 3 aromatic rings. The largest absolute Gasteiger partial charge is 0.261 e. The highest BCUT2D eigenvalue weighted by atomic mass is 79.9. The summed E-state index contributed by atoms with van der Waals surface area (Å²) < 4.78 is 2.92. The van der Waals surface area contributed by atoms with Gasteiger partial charge in [0.15, 0.2) is 0 Å². The van der Waals surface area contributed by atoms with Crippen molar-refractivity contribution in [3.8, 4) is 11.3 Å². The minimum atomic E-state index is 0.863. The molecule has 0 spiro atoms. The smallest absolute Gasteiger partial charge is 0.205 e. The van der Waals surface area contributed by atoms with E-state index in [0.717, 1.165) is 26.1 Å². The molecule has 0 radical (unpaired) electrons. The number of benzene rings is 2. The molecule has 0 bridgehead atoms. The first-order valence-corrected chi connectivity index (χ1v) is 8.44. The van der Waals surface area contributed by atoms with Crippen molar-refractivity contribution in [3.05, 3.63) is 74.8 Å². The van der Waals surface area contributed by atoms with E-state index in [-0.39, 0.29) is 0 Å². The second kappa shape index (κ2) is 6.85. The maximum Gasteiger partial charge on any atom is 0.205 e. The van der Waals surface area contributed by atoms with Crippen LogP contribution >= 0.6 is 27.3 Å². The van der Waals surface area contributed by atoms with Crippen molar-refractivity contribution in [1.29, 1.82) is 0 Å². The van der Waals surface area contributed by atoms with Gasteiger partial charge >= 0.3 is 0 Å². The van der Waals surface area contributed by atoms with Crippen LogP contribution in [0.2, 0.25) is 0 Å². The fraction of sp³-hybridized carbons (Fsp3) is 0.0588. The van der Waals surface area contributed by atoms with Gasteiger partial charge in [0.2, 0.25) is 4.80 Å². The van der Waals surface area contributed by atoms with Crippen molar-refractivity contribution >= 4 is 33.5 Å². The number of thiazole rings is 1. The third-order valence-corrected chi connectivity index (χ3v) is 4.52. The fourth-order valence-electron chi connectivity index (χ4n) is 2.07. The zero-order chi connectivity index (χ0) is 15.4. The lowest BCUT2D eigenvalue weighted by Crippen LogP contribution is -2.11. The Balaban J connectivity index is 2.07. The average molecular weight is 372 g/mol. The zero-order valence-electron chi connectivity index (χ0n) is 12.0. The quantitative estimate of drug-likeness (QED) is 0.611. The van der Waals surface area contributed by atoms with Gasteiger partial charge in [-0.25, -0.2) is 4.68 Å². The minimum Gasteiger partial charge on any atom is -0.261 e. The number of hydrogen-bond donors (Lipinski definition) is 0. The van der Waals surface area contributed by atoms with E-state index in [1.165, 1.54) is 0 Å². The Morgan fingerprint density at radius 2 is 1.91 bits per heavy atom. The molecule has 0 aliphatic heterocycles. The maximum atomic E-state index is 4.61. The fourth-order valence-corrected chi connectivity index (χ4v) is 3.28. The van der Waals surface area contributed by atoms with E-state index in [1.54, 1.807) is 18.4 Å². The predicted octanol–water partition coefficient (Wildman–Crippen LogP) is 4.39. The van der Waals surface area contributed by atoms with Crippen LogP contribution in [0.4, 0.5) is 0 Å². The molecule has 1 aromatic heterocycles. The van der Waals surface area contributed by atoms with Gasteiger partial charge in [-0.3, -0.25) is 4.99 Å². The van der Waals surface area contributed by atoms with Crippen LogP contribution in [0.3, 0.4) is 0 Å². The van der Waals surface area contributed by atoms with Crippen molar-refractivity contribution in [1.82, 2.24) is 4.68 Å². The van der Waals surface area contributed by atoms with Crippen LogP contribution in [0.25, 0.3) is 11.3 Å². The molecule has 110 valence electrons. The number of hydrogen-bond acceptors (Lipinski definition) is 3. The number of halogens is 1. The number of rotatable bonds is 3. The van der Waals surface area contributed by atoms with Crippen molar-refractivity contribution in [2.75, 3.05) is 7.05 Å². The van der Waals surface area contributed by atoms with E-state index in [9.17, 15) is 0 Å². The second-order valence-corrected chi connectivity index (χ2v) is 6.36. The molecule has 5 heteroatoms. The molecule has 0 N–H and O–H groups in total. The maximum absolute atomic E-state index is 4.61. The van der Waals surface area contributed by atoms with E-state index in [0.29, 0.717) is 0 Å². The lowest BCUT2D eigenvalue weighted by atomic mass is 10.2. The summed E-state index contributed by atoms with van der Waals surface area (Å²) in [6.07, 6.45) is 1.85. The van der Waals surface area contributed by atoms with Gasteiger partial charge in [0, 0.05) is 22.5 Å². The second-order valence-electron chi connectivity index (χ2n) is 4.60. The standard InChI is InChI=1S/C17H14BrN3S/c1-19-17-21(20-11-13-6-3-2-4-7-13)16(12-22-17)14-8-5-9-15(18)10-14/h2-12H,1H3. The molecule has 0 amide bonds. The van der Waals surface area contributed by atoms with Gasteiger partial charge in [-0.1, -0.05) is 58.4 Å². The van der Waals surface area contributed by atoms with Crippen LogP contribution in [-0.4, -0.2) is 17.9 Å². The van der Waals surface area contributed by atoms with E-state index >= 15 is 0 Å². The van der Waals surface area contributed by atoms with Crippen molar-refractivity contribution < 1.29 is 0 Å². The van der Waals surface area contributed by atoms with Crippen molar-refractivity contribution in [2.45, 2.75) is 0 Å². The Kier molecular flexibility index (Phi) is 4.65. The SMILES string of the molecule is CN=c1scc(-c2cccc(Br)c2)n1N=Cc1ccccc1. The molecule has 0 aliphatic rings. The third-order valence-electron chi connectivity index (χ3n) is 3.12. The number of nitrogens with zero attached hydrogens (tertiary/aromatic N) is 3. The summed E-state index contributed by atoms with van der Waals surface area (Å²) in [5, 5.41) is 6.68. The average Bonchev–Trinajstić information content (AvgIpc) is 2.97. The van der Waals surface area contributed by atoms with Crippen LogP contribution in [0.1, 0.15) is 5.56 Å². The van der Waals surface area contributed by atoms with Crippen LogP contribution in [-0.2, 0) is 0 Å². The van der Waals surface area contributed by atoms with E-state index in [2.05, 4.69) is 43.5 Å². The van der Waals surface area contributed by atoms with Crippen molar-refractivity contribution in [2.24, 2.45) is 10.1 Å². The van der Waals surface area contributed by atoms with Gasteiger partial charge in [0.1, 0.15) is 0 Å². The molecule has 0 saturated carbocycles. The summed E-state index contributed by atoms with van der Waals surface area (Å²) in [4.78, 5) is 5.17. The summed E-state index contributed by atoms with van der Waals surface area (Å²) in [5.41, 5.74) is 3.19. The third kappa shape index (κ3) is 3.26. The van der Waals surface area contributed by atoms with Gasteiger partial charge < -0.3 is 0 Å².